The molecule has 3 aromatic rings. The summed E-state index contributed by atoms with van der Waals surface area (Å²) >= 11 is 0. The Morgan fingerprint density at radius 1 is 1.10 bits per heavy atom. The van der Waals surface area contributed by atoms with E-state index in [0.29, 0.717) is 36.9 Å². The van der Waals surface area contributed by atoms with E-state index in [0.717, 1.165) is 55.0 Å². The van der Waals surface area contributed by atoms with E-state index in [1.165, 1.54) is 30.9 Å². The first-order valence-electron chi connectivity index (χ1n) is 14.2. The van der Waals surface area contributed by atoms with Gasteiger partial charge in [0.2, 0.25) is 11.9 Å². The van der Waals surface area contributed by atoms with Crippen molar-refractivity contribution in [3.8, 4) is 5.75 Å². The predicted molar refractivity (Wildman–Crippen MR) is 147 cm³/mol. The highest BCUT2D eigenvalue weighted by molar-refractivity contribution is 5.79. The van der Waals surface area contributed by atoms with E-state index in [4.69, 9.17) is 4.74 Å². The lowest BCUT2D eigenvalue weighted by atomic mass is 9.90. The molecule has 0 N–H and O–H groups in total. The van der Waals surface area contributed by atoms with Crippen molar-refractivity contribution in [1.82, 2.24) is 19.9 Å². The minimum absolute atomic E-state index is 0.0485. The van der Waals surface area contributed by atoms with Crippen LogP contribution < -0.4 is 9.64 Å². The van der Waals surface area contributed by atoms with E-state index in [-0.39, 0.29) is 18.1 Å². The van der Waals surface area contributed by atoms with Crippen molar-refractivity contribution >= 4 is 11.9 Å². The molecule has 2 fully saturated rings. The highest BCUT2D eigenvalue weighted by Crippen LogP contribution is 2.49. The maximum Gasteiger partial charge on any atom is 0.227 e. The number of aromatic nitrogens is 3. The number of aryl methyl sites for hydroxylation is 1. The third-order valence-electron chi connectivity index (χ3n) is 8.63. The predicted octanol–water partition coefficient (Wildman–Crippen LogP) is 4.77. The number of carbonyl (C=O) groups is 1. The number of pyridine rings is 1. The van der Waals surface area contributed by atoms with Gasteiger partial charge in [-0.25, -0.2) is 14.4 Å². The van der Waals surface area contributed by atoms with Crippen molar-refractivity contribution < 1.29 is 13.9 Å². The lowest BCUT2D eigenvalue weighted by Crippen LogP contribution is -2.37. The molecule has 0 radical (unpaired) electrons. The zero-order valence-corrected chi connectivity index (χ0v) is 22.6. The lowest BCUT2D eigenvalue weighted by Gasteiger charge is -2.32. The van der Waals surface area contributed by atoms with Gasteiger partial charge in [-0.1, -0.05) is 12.1 Å². The molecular formula is C31H36FN5O2. The van der Waals surface area contributed by atoms with Crippen LogP contribution in [0.15, 0.2) is 48.9 Å². The fourth-order valence-electron chi connectivity index (χ4n) is 6.19. The molecular weight excluding hydrogens is 493 g/mol. The van der Waals surface area contributed by atoms with Gasteiger partial charge >= 0.3 is 0 Å². The number of nitrogens with zero attached hydrogens (tertiary/aromatic N) is 5. The molecule has 3 aliphatic rings. The van der Waals surface area contributed by atoms with Crippen molar-refractivity contribution in [1.29, 1.82) is 0 Å². The largest absolute Gasteiger partial charge is 0.493 e. The van der Waals surface area contributed by atoms with Gasteiger partial charge in [-0.05, 0) is 85.6 Å². The van der Waals surface area contributed by atoms with Crippen molar-refractivity contribution in [3.05, 3.63) is 77.1 Å². The fourth-order valence-corrected chi connectivity index (χ4v) is 6.19. The smallest absolute Gasteiger partial charge is 0.227 e. The first-order valence-corrected chi connectivity index (χ1v) is 14.2. The summed E-state index contributed by atoms with van der Waals surface area (Å²) in [6.07, 6.45) is 11.0. The van der Waals surface area contributed by atoms with E-state index in [1.54, 1.807) is 23.2 Å². The molecule has 0 bridgehead atoms. The minimum atomic E-state index is -0.384. The Kier molecular flexibility index (Phi) is 7.44. The van der Waals surface area contributed by atoms with Crippen molar-refractivity contribution in [3.63, 3.8) is 0 Å². The maximum absolute atomic E-state index is 14.8. The molecule has 8 heteroatoms. The number of piperidine rings is 1. The molecule has 2 aromatic heterocycles. The van der Waals surface area contributed by atoms with E-state index < -0.39 is 0 Å². The number of hydrogen-bond donors (Lipinski definition) is 0. The highest BCUT2D eigenvalue weighted by Gasteiger charge is 2.43. The highest BCUT2D eigenvalue weighted by atomic mass is 19.1. The first-order chi connectivity index (χ1) is 19.0. The van der Waals surface area contributed by atoms with Gasteiger partial charge in [0.05, 0.1) is 25.3 Å². The molecule has 204 valence electrons. The van der Waals surface area contributed by atoms with E-state index in [2.05, 4.69) is 25.9 Å². The lowest BCUT2D eigenvalue weighted by molar-refractivity contribution is -0.131. The fraction of sp³-hybridized carbons (Fsp3) is 0.484. The van der Waals surface area contributed by atoms with Gasteiger partial charge in [-0.15, -0.1) is 0 Å². The van der Waals surface area contributed by atoms with Crippen molar-refractivity contribution in [2.24, 2.45) is 17.8 Å². The normalized spacial score (nSPS) is 21.0. The summed E-state index contributed by atoms with van der Waals surface area (Å²) in [6, 6.07) is 8.86. The second kappa shape index (κ2) is 11.3. The van der Waals surface area contributed by atoms with Gasteiger partial charge in [0.1, 0.15) is 11.6 Å². The molecule has 1 amide bonds. The monoisotopic (exact) mass is 529 g/mol. The number of rotatable bonds is 8. The number of benzene rings is 1. The Morgan fingerprint density at radius 3 is 2.72 bits per heavy atom. The van der Waals surface area contributed by atoms with Crippen LogP contribution in [0.3, 0.4) is 0 Å². The summed E-state index contributed by atoms with van der Waals surface area (Å²) in [7, 11) is 0. The molecule has 1 aromatic carbocycles. The number of fused-ring (bicyclic) bond motifs is 1. The Bertz CT molecular complexity index is 1310. The van der Waals surface area contributed by atoms with Crippen LogP contribution in [0.4, 0.5) is 10.3 Å². The Morgan fingerprint density at radius 2 is 1.92 bits per heavy atom. The molecule has 2 atom stereocenters. The molecule has 1 saturated heterocycles. The molecule has 2 aliphatic heterocycles. The second-order valence-corrected chi connectivity index (χ2v) is 11.3. The number of amides is 1. The summed E-state index contributed by atoms with van der Waals surface area (Å²) in [6.45, 7) is 5.76. The van der Waals surface area contributed by atoms with E-state index in [9.17, 15) is 9.18 Å². The van der Waals surface area contributed by atoms with Crippen LogP contribution in [-0.4, -0.2) is 52.0 Å². The summed E-state index contributed by atoms with van der Waals surface area (Å²) in [5.74, 6) is 3.15. The van der Waals surface area contributed by atoms with Crippen molar-refractivity contribution in [2.75, 3.05) is 31.1 Å². The number of hydrogen-bond acceptors (Lipinski definition) is 6. The van der Waals surface area contributed by atoms with Crippen LogP contribution >= 0.6 is 0 Å². The van der Waals surface area contributed by atoms with Crippen LogP contribution in [0, 0.1) is 30.5 Å². The summed E-state index contributed by atoms with van der Waals surface area (Å²) in [4.78, 5) is 30.2. The van der Waals surface area contributed by atoms with Gasteiger partial charge in [-0.2, -0.15) is 0 Å². The number of carbonyl (C=O) groups excluding carboxylic acids is 1. The van der Waals surface area contributed by atoms with Crippen LogP contribution in [-0.2, 0) is 24.2 Å². The van der Waals surface area contributed by atoms with E-state index >= 15 is 0 Å². The Balaban J connectivity index is 0.924. The van der Waals surface area contributed by atoms with Gasteiger partial charge in [0, 0.05) is 44.3 Å². The second-order valence-electron chi connectivity index (χ2n) is 11.3. The van der Waals surface area contributed by atoms with Gasteiger partial charge < -0.3 is 14.5 Å². The van der Waals surface area contributed by atoms with Gasteiger partial charge in [0.15, 0.2) is 0 Å². The Labute approximate surface area is 229 Å². The zero-order chi connectivity index (χ0) is 26.8. The van der Waals surface area contributed by atoms with Crippen molar-refractivity contribution in [2.45, 2.75) is 52.0 Å². The quantitative estimate of drug-likeness (QED) is 0.419. The molecule has 4 heterocycles. The SMILES string of the molecule is Cc1cnc(N2CCC([C@H]3C[C@H]3CCOc3ccc(CC(=O)N4CCc5cccnc5C4)c(F)c3)CC2)nc1. The summed E-state index contributed by atoms with van der Waals surface area (Å²) < 4.78 is 20.7. The average molecular weight is 530 g/mol. The third-order valence-corrected chi connectivity index (χ3v) is 8.63. The molecule has 1 aliphatic carbocycles. The topological polar surface area (TPSA) is 71.5 Å². The number of ether oxygens (including phenoxy) is 1. The maximum atomic E-state index is 14.8. The standard InChI is InChI=1S/C31H36FN5O2/c1-21-18-34-31(35-19-21)36-11-6-22(7-12-36)27-15-24(27)9-14-39-26-5-4-25(28(32)17-26)16-30(38)37-13-8-23-3-2-10-33-29(23)20-37/h2-5,10,17-19,22,24,27H,6-9,11-16,20H2,1H3/t24-,27-/m1/s1. The molecule has 7 nitrogen and oxygen atoms in total. The summed E-state index contributed by atoms with van der Waals surface area (Å²) in [5.41, 5.74) is 3.61. The molecule has 1 saturated carbocycles. The summed E-state index contributed by atoms with van der Waals surface area (Å²) in [5, 5.41) is 0. The molecule has 0 spiro atoms. The minimum Gasteiger partial charge on any atom is -0.493 e. The molecule has 6 rings (SSSR count). The van der Waals surface area contributed by atoms with Gasteiger partial charge in [0.25, 0.3) is 0 Å². The third kappa shape index (κ3) is 6.05. The number of halogens is 1. The molecule has 0 unspecified atom stereocenters. The van der Waals surface area contributed by atoms with E-state index in [1.807, 2.05) is 25.4 Å². The van der Waals surface area contributed by atoms with Gasteiger partial charge in [-0.3, -0.25) is 9.78 Å². The van der Waals surface area contributed by atoms with Crippen LogP contribution in [0.25, 0.3) is 0 Å². The zero-order valence-electron chi connectivity index (χ0n) is 22.6. The van der Waals surface area contributed by atoms with Crippen LogP contribution in [0.5, 0.6) is 5.75 Å². The molecule has 39 heavy (non-hydrogen) atoms. The van der Waals surface area contributed by atoms with Crippen LogP contribution in [0.2, 0.25) is 0 Å². The number of anilines is 1. The first kappa shape index (κ1) is 25.7. The average Bonchev–Trinajstić information content (AvgIpc) is 3.74. The van der Waals surface area contributed by atoms with Crippen LogP contribution in [0.1, 0.15) is 48.1 Å². The Hall–Kier alpha value is -3.55.